The molecule has 40 heavy (non-hydrogen) atoms. The normalized spacial score (nSPS) is 11.9. The van der Waals surface area contributed by atoms with E-state index < -0.39 is 11.6 Å². The summed E-state index contributed by atoms with van der Waals surface area (Å²) in [5.74, 6) is -1.45. The summed E-state index contributed by atoms with van der Waals surface area (Å²) >= 11 is 0. The van der Waals surface area contributed by atoms with Gasteiger partial charge in [0.05, 0.1) is 49.1 Å². The molecule has 5 rings (SSSR count). The first-order chi connectivity index (χ1) is 19.4. The Hall–Kier alpha value is -6.58. The van der Waals surface area contributed by atoms with Crippen molar-refractivity contribution in [1.82, 2.24) is 0 Å². The Balaban J connectivity index is 1.92. The molecular formula is C32H10F2N6. The molecule has 0 N–H and O–H groups in total. The van der Waals surface area contributed by atoms with Crippen molar-refractivity contribution >= 4 is 16.9 Å². The molecule has 0 radical (unpaired) electrons. The van der Waals surface area contributed by atoms with Gasteiger partial charge in [-0.2, -0.15) is 10.5 Å². The Morgan fingerprint density at radius 3 is 1.82 bits per heavy atom. The first-order valence-corrected chi connectivity index (χ1v) is 11.4. The lowest BCUT2D eigenvalue weighted by atomic mass is 9.92. The Bertz CT molecular complexity index is 1950. The van der Waals surface area contributed by atoms with E-state index in [2.05, 4.69) is 14.5 Å². The lowest BCUT2D eigenvalue weighted by Crippen LogP contribution is -1.93. The van der Waals surface area contributed by atoms with E-state index in [0.717, 1.165) is 6.07 Å². The fraction of sp³-hybridized carbons (Fsp3) is 0. The Morgan fingerprint density at radius 2 is 1.23 bits per heavy atom. The summed E-state index contributed by atoms with van der Waals surface area (Å²) in [6.07, 6.45) is 0. The van der Waals surface area contributed by atoms with Crippen LogP contribution in [0.4, 0.5) is 20.2 Å². The van der Waals surface area contributed by atoms with Crippen LogP contribution in [0.25, 0.3) is 53.5 Å². The molecule has 0 aromatic heterocycles. The Morgan fingerprint density at radius 1 is 0.625 bits per heavy atom. The van der Waals surface area contributed by atoms with Crippen LogP contribution < -0.4 is 0 Å². The topological polar surface area (TPSA) is 84.4 Å². The predicted molar refractivity (Wildman–Crippen MR) is 143 cm³/mol. The third-order valence-corrected chi connectivity index (χ3v) is 6.60. The van der Waals surface area contributed by atoms with E-state index in [1.807, 2.05) is 18.2 Å². The number of nitriles is 3. The van der Waals surface area contributed by atoms with Gasteiger partial charge in [0.2, 0.25) is 0 Å². The summed E-state index contributed by atoms with van der Waals surface area (Å²) in [6.45, 7) is 22.9. The number of nitrogens with zero attached hydrogens (tertiary/aromatic N) is 6. The molecule has 0 unspecified atom stereocenters. The fourth-order valence-corrected chi connectivity index (χ4v) is 4.94. The number of hydrogen-bond donors (Lipinski definition) is 0. The van der Waals surface area contributed by atoms with Crippen LogP contribution in [-0.4, -0.2) is 0 Å². The molecule has 0 aliphatic heterocycles. The standard InChI is InChI=1S/C32H10F2N6/c1-38-27-9-5-8-26(34)32(27)19-11-22-20(10-18(19)15-36)21-13-28(39-2)24(12-23(21)31(22)29(16-37)40-3)30-17(14-35)6-4-7-25(30)33/h4-13H/b31-29-. The smallest absolute Gasteiger partial charge is 0.237 e. The largest absolute Gasteiger partial charge is 0.270 e. The van der Waals surface area contributed by atoms with Gasteiger partial charge in [-0.25, -0.2) is 28.6 Å². The van der Waals surface area contributed by atoms with E-state index in [1.165, 1.54) is 54.6 Å². The second kappa shape index (κ2) is 9.71. The van der Waals surface area contributed by atoms with Crippen LogP contribution in [0.3, 0.4) is 0 Å². The van der Waals surface area contributed by atoms with Crippen molar-refractivity contribution < 1.29 is 8.78 Å². The number of benzene rings is 4. The summed E-state index contributed by atoms with van der Waals surface area (Å²) in [5.41, 5.74) is 1.33. The highest BCUT2D eigenvalue weighted by Crippen LogP contribution is 2.52. The monoisotopic (exact) mass is 516 g/mol. The molecule has 0 heterocycles. The average molecular weight is 516 g/mol. The van der Waals surface area contributed by atoms with E-state index in [0.29, 0.717) is 22.3 Å². The van der Waals surface area contributed by atoms with Crippen LogP contribution >= 0.6 is 0 Å². The van der Waals surface area contributed by atoms with Crippen LogP contribution in [0.5, 0.6) is 0 Å². The van der Waals surface area contributed by atoms with Crippen molar-refractivity contribution in [2.45, 2.75) is 0 Å². The highest BCUT2D eigenvalue weighted by molar-refractivity contribution is 6.08. The minimum Gasteiger partial charge on any atom is -0.237 e. The van der Waals surface area contributed by atoms with Gasteiger partial charge in [0.15, 0.2) is 11.4 Å². The Kier molecular flexibility index (Phi) is 6.09. The van der Waals surface area contributed by atoms with Gasteiger partial charge >= 0.3 is 0 Å². The maximum atomic E-state index is 15.0. The highest BCUT2D eigenvalue weighted by atomic mass is 19.1. The van der Waals surface area contributed by atoms with Crippen molar-refractivity contribution in [3.8, 4) is 51.6 Å². The van der Waals surface area contributed by atoms with Gasteiger partial charge in [-0.05, 0) is 69.8 Å². The molecule has 4 aromatic carbocycles. The molecule has 182 valence electrons. The van der Waals surface area contributed by atoms with Gasteiger partial charge in [0.1, 0.15) is 11.6 Å². The third-order valence-electron chi connectivity index (χ3n) is 6.60. The van der Waals surface area contributed by atoms with Gasteiger partial charge in [0.25, 0.3) is 5.70 Å². The fourth-order valence-electron chi connectivity index (χ4n) is 4.94. The van der Waals surface area contributed by atoms with Crippen LogP contribution in [0, 0.1) is 65.3 Å². The highest BCUT2D eigenvalue weighted by Gasteiger charge is 2.31. The molecular weight excluding hydrogens is 506 g/mol. The molecule has 0 atom stereocenters. The lowest BCUT2D eigenvalue weighted by Gasteiger charge is -2.12. The SMILES string of the molecule is [C-]#[N+]/C(C#N)=C1/c2cc(-c3c(F)cccc3[N+]#[C-])c(C#N)cc2-c2cc([N+]#[C-])c(-c3c(F)cccc3C#N)cc21. The zero-order chi connectivity index (χ0) is 28.6. The van der Waals surface area contributed by atoms with E-state index in [9.17, 15) is 15.8 Å². The van der Waals surface area contributed by atoms with Gasteiger partial charge < -0.3 is 0 Å². The molecule has 1 aliphatic carbocycles. The van der Waals surface area contributed by atoms with E-state index in [-0.39, 0.29) is 56.0 Å². The van der Waals surface area contributed by atoms with Crippen LogP contribution in [0.1, 0.15) is 22.3 Å². The first kappa shape index (κ1) is 25.1. The van der Waals surface area contributed by atoms with E-state index in [4.69, 9.17) is 19.7 Å². The van der Waals surface area contributed by atoms with Gasteiger partial charge in [-0.15, -0.1) is 0 Å². The summed E-state index contributed by atoms with van der Waals surface area (Å²) in [6, 6.07) is 19.6. The van der Waals surface area contributed by atoms with Crippen molar-refractivity contribution in [2.24, 2.45) is 0 Å². The number of allylic oxidation sites excluding steroid dienone is 1. The zero-order valence-electron chi connectivity index (χ0n) is 20.2. The number of hydrogen-bond acceptors (Lipinski definition) is 3. The maximum Gasteiger partial charge on any atom is 0.270 e. The molecule has 0 amide bonds. The van der Waals surface area contributed by atoms with E-state index in [1.54, 1.807) is 0 Å². The summed E-state index contributed by atoms with van der Waals surface area (Å²) in [5, 5.41) is 29.4. The second-order valence-corrected chi connectivity index (χ2v) is 8.55. The first-order valence-electron chi connectivity index (χ1n) is 11.4. The molecule has 0 fully saturated rings. The summed E-state index contributed by atoms with van der Waals surface area (Å²) < 4.78 is 30.1. The molecule has 1 aliphatic rings. The van der Waals surface area contributed by atoms with E-state index >= 15 is 8.78 Å². The predicted octanol–water partition coefficient (Wildman–Crippen LogP) is 8.33. The summed E-state index contributed by atoms with van der Waals surface area (Å²) in [4.78, 5) is 10.3. The minimum absolute atomic E-state index is 0.00291. The van der Waals surface area contributed by atoms with Gasteiger partial charge in [-0.1, -0.05) is 24.3 Å². The Labute approximate surface area is 227 Å². The molecule has 8 heteroatoms. The second-order valence-electron chi connectivity index (χ2n) is 8.55. The van der Waals surface area contributed by atoms with Gasteiger partial charge in [0, 0.05) is 16.7 Å². The lowest BCUT2D eigenvalue weighted by molar-refractivity contribution is 0.631. The van der Waals surface area contributed by atoms with Crippen LogP contribution in [-0.2, 0) is 0 Å². The van der Waals surface area contributed by atoms with Crippen molar-refractivity contribution in [3.05, 3.63) is 135 Å². The molecule has 0 saturated heterocycles. The zero-order valence-corrected chi connectivity index (χ0v) is 20.2. The molecule has 4 aromatic rings. The molecule has 0 spiro atoms. The number of halogens is 2. The van der Waals surface area contributed by atoms with Crippen molar-refractivity contribution in [1.29, 1.82) is 15.8 Å². The average Bonchev–Trinajstić information content (AvgIpc) is 3.28. The summed E-state index contributed by atoms with van der Waals surface area (Å²) in [7, 11) is 0. The third kappa shape index (κ3) is 3.64. The quantitative estimate of drug-likeness (QED) is 0.175. The molecule has 0 saturated carbocycles. The molecule has 6 nitrogen and oxygen atoms in total. The van der Waals surface area contributed by atoms with Crippen molar-refractivity contribution in [2.75, 3.05) is 0 Å². The maximum absolute atomic E-state index is 15.0. The minimum atomic E-state index is -0.726. The molecule has 0 bridgehead atoms. The number of rotatable bonds is 2. The number of fused-ring (bicyclic) bond motifs is 3. The van der Waals surface area contributed by atoms with Crippen molar-refractivity contribution in [3.63, 3.8) is 0 Å². The van der Waals surface area contributed by atoms with Crippen LogP contribution in [0.2, 0.25) is 0 Å². The van der Waals surface area contributed by atoms with Crippen LogP contribution in [0.15, 0.2) is 66.4 Å². The van der Waals surface area contributed by atoms with Gasteiger partial charge in [-0.3, -0.25) is 0 Å².